The molecule has 0 heteroatoms. The fourth-order valence-electron chi connectivity index (χ4n) is 4.00. The van der Waals surface area contributed by atoms with Crippen molar-refractivity contribution in [2.45, 2.75) is 60.3 Å². The maximum Gasteiger partial charge on any atom is -0.00869 e. The van der Waals surface area contributed by atoms with E-state index in [4.69, 9.17) is 0 Å². The van der Waals surface area contributed by atoms with Crippen molar-refractivity contribution in [1.29, 1.82) is 0 Å². The Bertz CT molecular complexity index is 286. The van der Waals surface area contributed by atoms with Gasteiger partial charge in [0.25, 0.3) is 0 Å². The second-order valence-electron chi connectivity index (χ2n) is 6.89. The highest BCUT2D eigenvalue weighted by Gasteiger charge is 2.50. The van der Waals surface area contributed by atoms with E-state index in [-0.39, 0.29) is 0 Å². The van der Waals surface area contributed by atoms with Crippen molar-refractivity contribution in [3.8, 4) is 0 Å². The van der Waals surface area contributed by atoms with Crippen molar-refractivity contribution in [3.63, 3.8) is 0 Å². The molecule has 0 aromatic rings. The Morgan fingerprint density at radius 1 is 1.33 bits per heavy atom. The summed E-state index contributed by atoms with van der Waals surface area (Å²) in [6.45, 7) is 12.1. The third-order valence-electron chi connectivity index (χ3n) is 5.30. The Kier molecular flexibility index (Phi) is 2.52. The highest BCUT2D eigenvalue weighted by atomic mass is 14.5. The first kappa shape index (κ1) is 11.2. The van der Waals surface area contributed by atoms with Gasteiger partial charge in [0.05, 0.1) is 0 Å². The van der Waals surface area contributed by atoms with Crippen LogP contribution >= 0.6 is 0 Å². The minimum atomic E-state index is 0.502. The predicted octanol–water partition coefficient (Wildman–Crippen LogP) is 4.81. The summed E-state index contributed by atoms with van der Waals surface area (Å²) >= 11 is 0. The van der Waals surface area contributed by atoms with Crippen molar-refractivity contribution < 1.29 is 0 Å². The van der Waals surface area contributed by atoms with E-state index in [1.165, 1.54) is 25.7 Å². The molecule has 0 bridgehead atoms. The van der Waals surface area contributed by atoms with E-state index in [1.54, 1.807) is 5.57 Å². The maximum atomic E-state index is 2.57. The van der Waals surface area contributed by atoms with Gasteiger partial charge in [-0.25, -0.2) is 0 Å². The summed E-state index contributed by atoms with van der Waals surface area (Å²) in [5, 5.41) is 0. The number of fused-ring (bicyclic) bond motifs is 1. The Hall–Kier alpha value is -0.260. The molecule has 0 aliphatic heterocycles. The van der Waals surface area contributed by atoms with E-state index in [2.05, 4.69) is 40.7 Å². The van der Waals surface area contributed by atoms with Gasteiger partial charge in [0.15, 0.2) is 0 Å². The van der Waals surface area contributed by atoms with Gasteiger partial charge in [-0.1, -0.05) is 39.3 Å². The van der Waals surface area contributed by atoms with Gasteiger partial charge >= 0.3 is 0 Å². The predicted molar refractivity (Wildman–Crippen MR) is 66.8 cm³/mol. The summed E-state index contributed by atoms with van der Waals surface area (Å²) in [4.78, 5) is 0. The van der Waals surface area contributed by atoms with Crippen molar-refractivity contribution in [1.82, 2.24) is 0 Å². The molecular weight excluding hydrogens is 180 g/mol. The molecule has 0 aromatic heterocycles. The largest absolute Gasteiger partial charge is 0.0791 e. The lowest BCUT2D eigenvalue weighted by atomic mass is 9.55. The van der Waals surface area contributed by atoms with Crippen molar-refractivity contribution >= 4 is 0 Å². The molecule has 0 spiro atoms. The molecule has 0 unspecified atom stereocenters. The maximum absolute atomic E-state index is 2.57. The molecule has 0 heterocycles. The van der Waals surface area contributed by atoms with Crippen LogP contribution < -0.4 is 0 Å². The van der Waals surface area contributed by atoms with E-state index in [1.807, 2.05) is 0 Å². The molecule has 1 fully saturated rings. The van der Waals surface area contributed by atoms with Gasteiger partial charge in [0, 0.05) is 0 Å². The molecule has 0 saturated heterocycles. The summed E-state index contributed by atoms with van der Waals surface area (Å²) < 4.78 is 0. The smallest absolute Gasteiger partial charge is 0.00869 e. The van der Waals surface area contributed by atoms with Crippen LogP contribution in [-0.2, 0) is 0 Å². The monoisotopic (exact) mass is 206 g/mol. The summed E-state index contributed by atoms with van der Waals surface area (Å²) in [5.74, 6) is 1.83. The second kappa shape index (κ2) is 3.37. The summed E-state index contributed by atoms with van der Waals surface area (Å²) in [6, 6.07) is 0. The topological polar surface area (TPSA) is 0 Å². The molecule has 2 aliphatic carbocycles. The zero-order valence-electron chi connectivity index (χ0n) is 11.1. The van der Waals surface area contributed by atoms with Crippen molar-refractivity contribution in [2.75, 3.05) is 0 Å². The molecule has 0 N–H and O–H groups in total. The summed E-state index contributed by atoms with van der Waals surface area (Å²) in [6.07, 6.45) is 8.20. The van der Waals surface area contributed by atoms with Gasteiger partial charge in [-0.05, 0) is 55.3 Å². The minimum Gasteiger partial charge on any atom is -0.0791 e. The van der Waals surface area contributed by atoms with Crippen LogP contribution in [0.5, 0.6) is 0 Å². The Morgan fingerprint density at radius 2 is 2.00 bits per heavy atom. The van der Waals surface area contributed by atoms with Crippen molar-refractivity contribution in [2.24, 2.45) is 22.7 Å². The van der Waals surface area contributed by atoms with Gasteiger partial charge in [0.2, 0.25) is 0 Å². The zero-order chi connectivity index (χ0) is 11.3. The van der Waals surface area contributed by atoms with E-state index < -0.39 is 0 Å². The molecule has 1 saturated carbocycles. The lowest BCUT2D eigenvalue weighted by molar-refractivity contribution is 0.0280. The highest BCUT2D eigenvalue weighted by molar-refractivity contribution is 5.23. The van der Waals surface area contributed by atoms with Crippen LogP contribution in [0.4, 0.5) is 0 Å². The van der Waals surface area contributed by atoms with Crippen LogP contribution in [0.15, 0.2) is 11.6 Å². The van der Waals surface area contributed by atoms with Gasteiger partial charge < -0.3 is 0 Å². The second-order valence-corrected chi connectivity index (χ2v) is 6.89. The van der Waals surface area contributed by atoms with E-state index in [9.17, 15) is 0 Å². The first-order valence-corrected chi connectivity index (χ1v) is 6.55. The number of hydrogen-bond acceptors (Lipinski definition) is 0. The van der Waals surface area contributed by atoms with Crippen LogP contribution in [0.3, 0.4) is 0 Å². The minimum absolute atomic E-state index is 0.502. The molecule has 2 aliphatic rings. The molecule has 2 rings (SSSR count). The molecule has 0 aromatic carbocycles. The van der Waals surface area contributed by atoms with E-state index in [0.717, 1.165) is 11.8 Å². The fourth-order valence-corrected chi connectivity index (χ4v) is 4.00. The Balaban J connectivity index is 2.21. The first-order chi connectivity index (χ1) is 6.86. The SMILES string of the molecule is CC1=C[C@@]2(C)CC[C@@H](C(C)C)C[C@@]2(C)C1. The molecule has 0 amide bonds. The van der Waals surface area contributed by atoms with E-state index in [0.29, 0.717) is 10.8 Å². The third-order valence-corrected chi connectivity index (χ3v) is 5.30. The molecular formula is C15H26. The zero-order valence-corrected chi connectivity index (χ0v) is 11.1. The third kappa shape index (κ3) is 1.66. The fraction of sp³-hybridized carbons (Fsp3) is 0.867. The molecule has 0 radical (unpaired) electrons. The number of hydrogen-bond donors (Lipinski definition) is 0. The molecule has 3 atom stereocenters. The number of allylic oxidation sites excluding steroid dienone is 2. The van der Waals surface area contributed by atoms with E-state index >= 15 is 0 Å². The Labute approximate surface area is 95.1 Å². The quantitative estimate of drug-likeness (QED) is 0.540. The van der Waals surface area contributed by atoms with Crippen LogP contribution in [0.25, 0.3) is 0 Å². The summed E-state index contributed by atoms with van der Waals surface area (Å²) in [5.41, 5.74) is 2.69. The molecule has 86 valence electrons. The van der Waals surface area contributed by atoms with Gasteiger partial charge in [-0.2, -0.15) is 0 Å². The van der Waals surface area contributed by atoms with Gasteiger partial charge in [-0.3, -0.25) is 0 Å². The normalized spacial score (nSPS) is 45.5. The van der Waals surface area contributed by atoms with Crippen molar-refractivity contribution in [3.05, 3.63) is 11.6 Å². The highest BCUT2D eigenvalue weighted by Crippen LogP contribution is 2.61. The van der Waals surface area contributed by atoms with Gasteiger partial charge in [0.1, 0.15) is 0 Å². The standard InChI is InChI=1S/C15H26/c1-11(2)13-6-7-14(4)8-12(3)9-15(14,5)10-13/h8,11,13H,6-7,9-10H2,1-5H3/t13-,14-,15-/m1/s1. The summed E-state index contributed by atoms with van der Waals surface area (Å²) in [7, 11) is 0. The number of rotatable bonds is 1. The van der Waals surface area contributed by atoms with Crippen LogP contribution in [0, 0.1) is 22.7 Å². The van der Waals surface area contributed by atoms with Crippen LogP contribution in [-0.4, -0.2) is 0 Å². The first-order valence-electron chi connectivity index (χ1n) is 6.55. The van der Waals surface area contributed by atoms with Crippen LogP contribution in [0.2, 0.25) is 0 Å². The van der Waals surface area contributed by atoms with Crippen LogP contribution in [0.1, 0.15) is 60.3 Å². The van der Waals surface area contributed by atoms with Gasteiger partial charge in [-0.15, -0.1) is 0 Å². The average Bonchev–Trinajstić information content (AvgIpc) is 2.32. The molecule has 15 heavy (non-hydrogen) atoms. The molecule has 0 nitrogen and oxygen atoms in total. The Morgan fingerprint density at radius 3 is 2.60 bits per heavy atom. The lowest BCUT2D eigenvalue weighted by Crippen LogP contribution is -2.40. The average molecular weight is 206 g/mol. The lowest BCUT2D eigenvalue weighted by Gasteiger charge is -2.49.